The zero-order valence-corrected chi connectivity index (χ0v) is 14.1. The predicted octanol–water partition coefficient (Wildman–Crippen LogP) is 1.79. The second-order valence-electron chi connectivity index (χ2n) is 5.66. The van der Waals surface area contributed by atoms with Crippen molar-refractivity contribution in [3.8, 4) is 6.07 Å². The lowest BCUT2D eigenvalue weighted by Gasteiger charge is -2.28. The number of carbonyl (C=O) groups excluding carboxylic acids is 1. The Morgan fingerprint density at radius 1 is 1.42 bits per heavy atom. The van der Waals surface area contributed by atoms with Crippen LogP contribution in [0.15, 0.2) is 24.3 Å². The molecule has 7 heteroatoms. The molecule has 1 fully saturated rings. The molecule has 24 heavy (non-hydrogen) atoms. The Kier molecular flexibility index (Phi) is 7.09. The van der Waals surface area contributed by atoms with Gasteiger partial charge in [0.2, 0.25) is 5.91 Å². The highest BCUT2D eigenvalue weighted by Gasteiger charge is 2.31. The minimum Gasteiger partial charge on any atom is -0.480 e. The van der Waals surface area contributed by atoms with E-state index in [9.17, 15) is 14.7 Å². The van der Waals surface area contributed by atoms with Crippen molar-refractivity contribution in [1.29, 1.82) is 5.26 Å². The fraction of sp³-hybridized carbons (Fsp3) is 0.471. The Morgan fingerprint density at radius 2 is 2.17 bits per heavy atom. The highest BCUT2D eigenvalue weighted by Crippen LogP contribution is 2.18. The van der Waals surface area contributed by atoms with Gasteiger partial charge in [-0.3, -0.25) is 4.79 Å². The molecule has 1 aliphatic heterocycles. The Bertz CT molecular complexity index is 606. The van der Waals surface area contributed by atoms with E-state index < -0.39 is 12.0 Å². The quantitative estimate of drug-likeness (QED) is 0.779. The van der Waals surface area contributed by atoms with Crippen molar-refractivity contribution in [1.82, 2.24) is 5.32 Å². The number of hydrogen-bond acceptors (Lipinski definition) is 5. The number of nitrogens with one attached hydrogen (secondary N) is 1. The SMILES string of the molecule is N#Cc1ccc(CSCC(=O)NC(C(=O)O)C2CCCOC2)cc1. The van der Waals surface area contributed by atoms with Crippen LogP contribution in [0, 0.1) is 17.2 Å². The average molecular weight is 348 g/mol. The Balaban J connectivity index is 1.78. The third-order valence-corrected chi connectivity index (χ3v) is 4.84. The standard InChI is InChI=1S/C17H20N2O4S/c18-8-12-3-5-13(6-4-12)10-24-11-15(20)19-16(17(21)22)14-2-1-7-23-9-14/h3-6,14,16H,1-2,7,9-11H2,(H,19,20)(H,21,22). The van der Waals surface area contributed by atoms with Crippen molar-refractivity contribution in [2.45, 2.75) is 24.6 Å². The van der Waals surface area contributed by atoms with Crippen LogP contribution >= 0.6 is 11.8 Å². The summed E-state index contributed by atoms with van der Waals surface area (Å²) >= 11 is 1.41. The molecular formula is C17H20N2O4S. The summed E-state index contributed by atoms with van der Waals surface area (Å²) in [5.41, 5.74) is 1.61. The van der Waals surface area contributed by atoms with E-state index in [2.05, 4.69) is 11.4 Å². The Labute approximate surface area is 145 Å². The number of amides is 1. The van der Waals surface area contributed by atoms with Gasteiger partial charge in [0.05, 0.1) is 24.0 Å². The lowest BCUT2D eigenvalue weighted by atomic mass is 9.94. The molecule has 0 saturated carbocycles. The topological polar surface area (TPSA) is 99.4 Å². The number of benzene rings is 1. The van der Waals surface area contributed by atoms with Crippen LogP contribution in [-0.2, 0) is 20.1 Å². The van der Waals surface area contributed by atoms with Crippen LogP contribution < -0.4 is 5.32 Å². The van der Waals surface area contributed by atoms with Crippen LogP contribution in [0.5, 0.6) is 0 Å². The molecule has 2 rings (SSSR count). The Morgan fingerprint density at radius 3 is 2.75 bits per heavy atom. The molecular weight excluding hydrogens is 328 g/mol. The number of carboxylic acids is 1. The number of thioether (sulfide) groups is 1. The molecule has 0 radical (unpaired) electrons. The van der Waals surface area contributed by atoms with E-state index in [0.29, 0.717) is 24.5 Å². The normalized spacial score (nSPS) is 18.4. The van der Waals surface area contributed by atoms with Crippen molar-refractivity contribution < 1.29 is 19.4 Å². The summed E-state index contributed by atoms with van der Waals surface area (Å²) in [5, 5.41) is 20.7. The van der Waals surface area contributed by atoms with Gasteiger partial charge in [-0.1, -0.05) is 12.1 Å². The molecule has 0 aromatic heterocycles. The summed E-state index contributed by atoms with van der Waals surface area (Å²) in [6.07, 6.45) is 1.56. The van der Waals surface area contributed by atoms with E-state index in [1.54, 1.807) is 12.1 Å². The van der Waals surface area contributed by atoms with Gasteiger partial charge in [0.25, 0.3) is 0 Å². The third kappa shape index (κ3) is 5.55. The van der Waals surface area contributed by atoms with E-state index in [4.69, 9.17) is 10.00 Å². The van der Waals surface area contributed by atoms with Crippen molar-refractivity contribution in [2.24, 2.45) is 5.92 Å². The molecule has 1 amide bonds. The van der Waals surface area contributed by atoms with Gasteiger partial charge < -0.3 is 15.2 Å². The molecule has 1 aliphatic rings. The molecule has 2 N–H and O–H groups in total. The molecule has 0 bridgehead atoms. The number of ether oxygens (including phenoxy) is 1. The first-order valence-electron chi connectivity index (χ1n) is 7.77. The third-order valence-electron chi connectivity index (χ3n) is 3.83. The van der Waals surface area contributed by atoms with Gasteiger partial charge in [-0.05, 0) is 30.5 Å². The Hall–Kier alpha value is -2.04. The maximum absolute atomic E-state index is 12.0. The predicted molar refractivity (Wildman–Crippen MR) is 90.4 cm³/mol. The van der Waals surface area contributed by atoms with Crippen molar-refractivity contribution in [3.05, 3.63) is 35.4 Å². The largest absolute Gasteiger partial charge is 0.480 e. The minimum absolute atomic E-state index is 0.177. The molecule has 1 aromatic rings. The molecule has 2 atom stereocenters. The van der Waals surface area contributed by atoms with Crippen LogP contribution in [0.1, 0.15) is 24.0 Å². The second kappa shape index (κ2) is 9.30. The van der Waals surface area contributed by atoms with Crippen LogP contribution in [0.4, 0.5) is 0 Å². The van der Waals surface area contributed by atoms with Gasteiger partial charge >= 0.3 is 5.97 Å². The van der Waals surface area contributed by atoms with Crippen molar-refractivity contribution in [3.63, 3.8) is 0 Å². The summed E-state index contributed by atoms with van der Waals surface area (Å²) < 4.78 is 5.31. The summed E-state index contributed by atoms with van der Waals surface area (Å²) in [7, 11) is 0. The molecule has 1 saturated heterocycles. The molecule has 1 aromatic carbocycles. The van der Waals surface area contributed by atoms with Crippen LogP contribution in [-0.4, -0.2) is 42.0 Å². The van der Waals surface area contributed by atoms with E-state index in [1.165, 1.54) is 11.8 Å². The van der Waals surface area contributed by atoms with E-state index >= 15 is 0 Å². The van der Waals surface area contributed by atoms with Gasteiger partial charge in [0.1, 0.15) is 6.04 Å². The summed E-state index contributed by atoms with van der Waals surface area (Å²) in [5.74, 6) is -0.660. The molecule has 2 unspecified atom stereocenters. The number of nitriles is 1. The fourth-order valence-electron chi connectivity index (χ4n) is 2.56. The molecule has 128 valence electrons. The molecule has 0 spiro atoms. The van der Waals surface area contributed by atoms with E-state index in [0.717, 1.165) is 18.4 Å². The first-order chi connectivity index (χ1) is 11.6. The fourth-order valence-corrected chi connectivity index (χ4v) is 3.36. The zero-order chi connectivity index (χ0) is 17.4. The number of carboxylic acid groups (broad SMARTS) is 1. The number of rotatable bonds is 7. The summed E-state index contributed by atoms with van der Waals surface area (Å²) in [6, 6.07) is 8.33. The van der Waals surface area contributed by atoms with Gasteiger partial charge in [-0.2, -0.15) is 5.26 Å². The highest BCUT2D eigenvalue weighted by molar-refractivity contribution is 7.99. The monoisotopic (exact) mass is 348 g/mol. The maximum Gasteiger partial charge on any atom is 0.326 e. The van der Waals surface area contributed by atoms with Crippen LogP contribution in [0.3, 0.4) is 0 Å². The molecule has 0 aliphatic carbocycles. The van der Waals surface area contributed by atoms with Crippen LogP contribution in [0.25, 0.3) is 0 Å². The van der Waals surface area contributed by atoms with Gasteiger partial charge in [-0.15, -0.1) is 11.8 Å². The molecule has 6 nitrogen and oxygen atoms in total. The van der Waals surface area contributed by atoms with Gasteiger partial charge in [-0.25, -0.2) is 4.79 Å². The van der Waals surface area contributed by atoms with Gasteiger partial charge in [0, 0.05) is 18.3 Å². The maximum atomic E-state index is 12.0. The van der Waals surface area contributed by atoms with Crippen molar-refractivity contribution in [2.75, 3.05) is 19.0 Å². The molecule has 1 heterocycles. The van der Waals surface area contributed by atoms with E-state index in [1.807, 2.05) is 12.1 Å². The smallest absolute Gasteiger partial charge is 0.326 e. The number of aliphatic carboxylic acids is 1. The summed E-state index contributed by atoms with van der Waals surface area (Å²) in [6.45, 7) is 1.02. The summed E-state index contributed by atoms with van der Waals surface area (Å²) in [4.78, 5) is 23.4. The highest BCUT2D eigenvalue weighted by atomic mass is 32.2. The second-order valence-corrected chi connectivity index (χ2v) is 6.65. The number of carbonyl (C=O) groups is 2. The zero-order valence-electron chi connectivity index (χ0n) is 13.2. The first kappa shape index (κ1) is 18.3. The van der Waals surface area contributed by atoms with Crippen LogP contribution in [0.2, 0.25) is 0 Å². The number of nitrogens with zero attached hydrogens (tertiary/aromatic N) is 1. The first-order valence-corrected chi connectivity index (χ1v) is 8.92. The van der Waals surface area contributed by atoms with Gasteiger partial charge in [0.15, 0.2) is 0 Å². The van der Waals surface area contributed by atoms with E-state index in [-0.39, 0.29) is 17.6 Å². The lowest BCUT2D eigenvalue weighted by Crippen LogP contribution is -2.48. The lowest BCUT2D eigenvalue weighted by molar-refractivity contribution is -0.144. The average Bonchev–Trinajstić information content (AvgIpc) is 2.61. The van der Waals surface area contributed by atoms with Crippen molar-refractivity contribution >= 4 is 23.6 Å². The number of hydrogen-bond donors (Lipinski definition) is 2. The minimum atomic E-state index is -1.02.